The first-order chi connectivity index (χ1) is 8.99. The van der Waals surface area contributed by atoms with Crippen LogP contribution in [0, 0.1) is 0 Å². The van der Waals surface area contributed by atoms with Crippen molar-refractivity contribution in [3.05, 3.63) is 42.0 Å². The zero-order valence-electron chi connectivity index (χ0n) is 10.9. The third kappa shape index (κ3) is 5.72. The highest BCUT2D eigenvalue weighted by Crippen LogP contribution is 2.06. The number of hydrogen-bond donors (Lipinski definition) is 2. The van der Waals surface area contributed by atoms with Gasteiger partial charge in [-0.25, -0.2) is 4.79 Å². The van der Waals surface area contributed by atoms with E-state index in [4.69, 9.17) is 10.5 Å². The maximum Gasteiger partial charge on any atom is 0.333 e. The molecule has 0 aliphatic heterocycles. The van der Waals surface area contributed by atoms with E-state index >= 15 is 0 Å². The third-order valence-corrected chi connectivity index (χ3v) is 2.32. The van der Waals surface area contributed by atoms with Crippen LogP contribution in [0.4, 0.5) is 5.69 Å². The largest absolute Gasteiger partial charge is 0.460 e. The van der Waals surface area contributed by atoms with E-state index in [-0.39, 0.29) is 25.5 Å². The Morgan fingerprint density at radius 3 is 2.79 bits per heavy atom. The van der Waals surface area contributed by atoms with Crippen molar-refractivity contribution in [3.63, 3.8) is 0 Å². The molecule has 0 aliphatic carbocycles. The Balaban J connectivity index is 2.25. The zero-order valence-corrected chi connectivity index (χ0v) is 10.9. The van der Waals surface area contributed by atoms with Gasteiger partial charge in [0.2, 0.25) is 5.91 Å². The number of anilines is 1. The zero-order chi connectivity index (χ0) is 14.3. The van der Waals surface area contributed by atoms with Crippen LogP contribution >= 0.6 is 0 Å². The Kier molecular flexibility index (Phi) is 5.60. The Morgan fingerprint density at radius 2 is 2.16 bits per heavy atom. The van der Waals surface area contributed by atoms with Crippen molar-refractivity contribution >= 4 is 17.6 Å². The van der Waals surface area contributed by atoms with Crippen LogP contribution in [0.5, 0.6) is 0 Å². The first-order valence-corrected chi connectivity index (χ1v) is 5.93. The molecule has 1 amide bonds. The van der Waals surface area contributed by atoms with E-state index in [0.29, 0.717) is 11.3 Å². The fourth-order valence-corrected chi connectivity index (χ4v) is 1.41. The topological polar surface area (TPSA) is 81.4 Å². The number of carbonyl (C=O) groups is 2. The molecule has 1 rings (SSSR count). The average molecular weight is 262 g/mol. The van der Waals surface area contributed by atoms with Gasteiger partial charge in [0.05, 0.1) is 13.0 Å². The minimum Gasteiger partial charge on any atom is -0.460 e. The van der Waals surface area contributed by atoms with Gasteiger partial charge in [-0.05, 0) is 24.6 Å². The highest BCUT2D eigenvalue weighted by atomic mass is 16.5. The molecular formula is C14H18N2O3. The summed E-state index contributed by atoms with van der Waals surface area (Å²) in [5.41, 5.74) is 7.43. The van der Waals surface area contributed by atoms with Gasteiger partial charge in [0, 0.05) is 11.3 Å². The molecule has 0 aliphatic rings. The molecule has 0 spiro atoms. The highest BCUT2D eigenvalue weighted by Gasteiger charge is 2.05. The number of nitrogens with one attached hydrogen (secondary N) is 1. The summed E-state index contributed by atoms with van der Waals surface area (Å²) >= 11 is 0. The molecule has 0 saturated heterocycles. The molecule has 102 valence electrons. The van der Waals surface area contributed by atoms with Gasteiger partial charge in [-0.3, -0.25) is 4.79 Å². The standard InChI is InChI=1S/C14H18N2O3/c1-10(2)14(18)19-7-6-16-13(17)9-11-4-3-5-12(15)8-11/h3-5,8H,1,6-7,9,15H2,2H3,(H,16,17). The van der Waals surface area contributed by atoms with Crippen molar-refractivity contribution in [2.45, 2.75) is 13.3 Å². The maximum absolute atomic E-state index is 11.6. The van der Waals surface area contributed by atoms with E-state index in [1.807, 2.05) is 6.07 Å². The Labute approximate surface area is 112 Å². The van der Waals surface area contributed by atoms with Crippen LogP contribution in [0.3, 0.4) is 0 Å². The van der Waals surface area contributed by atoms with Gasteiger partial charge in [-0.1, -0.05) is 18.7 Å². The van der Waals surface area contributed by atoms with Gasteiger partial charge in [-0.2, -0.15) is 0 Å². The highest BCUT2D eigenvalue weighted by molar-refractivity contribution is 5.87. The average Bonchev–Trinajstić information content (AvgIpc) is 2.34. The Morgan fingerprint density at radius 1 is 1.42 bits per heavy atom. The van der Waals surface area contributed by atoms with Crippen LogP contribution in [0.2, 0.25) is 0 Å². The summed E-state index contributed by atoms with van der Waals surface area (Å²) in [6.45, 7) is 5.44. The Bertz CT molecular complexity index is 483. The first-order valence-electron chi connectivity index (χ1n) is 5.93. The fourth-order valence-electron chi connectivity index (χ4n) is 1.41. The predicted molar refractivity (Wildman–Crippen MR) is 73.3 cm³/mol. The van der Waals surface area contributed by atoms with Crippen LogP contribution in [0.25, 0.3) is 0 Å². The molecular weight excluding hydrogens is 244 g/mol. The van der Waals surface area contributed by atoms with Crippen LogP contribution in [-0.4, -0.2) is 25.0 Å². The lowest BCUT2D eigenvalue weighted by molar-refractivity contribution is -0.139. The van der Waals surface area contributed by atoms with Gasteiger partial charge in [0.1, 0.15) is 6.61 Å². The summed E-state index contributed by atoms with van der Waals surface area (Å²) in [6, 6.07) is 7.14. The van der Waals surface area contributed by atoms with E-state index in [1.165, 1.54) is 0 Å². The van der Waals surface area contributed by atoms with Crippen molar-refractivity contribution in [1.29, 1.82) is 0 Å². The normalized spacial score (nSPS) is 9.74. The molecule has 19 heavy (non-hydrogen) atoms. The minimum atomic E-state index is -0.454. The quantitative estimate of drug-likeness (QED) is 0.347. The molecule has 3 N–H and O–H groups in total. The molecule has 0 saturated carbocycles. The van der Waals surface area contributed by atoms with Crippen molar-refractivity contribution < 1.29 is 14.3 Å². The Hall–Kier alpha value is -2.30. The lowest BCUT2D eigenvalue weighted by Gasteiger charge is -2.07. The number of nitrogens with two attached hydrogens (primary N) is 1. The molecule has 0 unspecified atom stereocenters. The maximum atomic E-state index is 11.6. The first kappa shape index (κ1) is 14.8. The molecule has 0 radical (unpaired) electrons. The number of benzene rings is 1. The monoisotopic (exact) mass is 262 g/mol. The lowest BCUT2D eigenvalue weighted by Crippen LogP contribution is -2.29. The molecule has 5 nitrogen and oxygen atoms in total. The van der Waals surface area contributed by atoms with E-state index in [1.54, 1.807) is 25.1 Å². The number of carbonyl (C=O) groups excluding carboxylic acids is 2. The van der Waals surface area contributed by atoms with Crippen molar-refractivity contribution in [1.82, 2.24) is 5.32 Å². The molecule has 0 fully saturated rings. The minimum absolute atomic E-state index is 0.133. The molecule has 0 aromatic heterocycles. The molecule has 0 atom stereocenters. The molecule has 0 heterocycles. The van der Waals surface area contributed by atoms with E-state index in [2.05, 4.69) is 11.9 Å². The summed E-state index contributed by atoms with van der Waals surface area (Å²) < 4.78 is 4.85. The van der Waals surface area contributed by atoms with Gasteiger partial charge >= 0.3 is 5.97 Å². The van der Waals surface area contributed by atoms with Gasteiger partial charge in [0.15, 0.2) is 0 Å². The second-order valence-corrected chi connectivity index (χ2v) is 4.19. The van der Waals surface area contributed by atoms with Crippen molar-refractivity contribution in [3.8, 4) is 0 Å². The van der Waals surface area contributed by atoms with Gasteiger partial charge < -0.3 is 15.8 Å². The van der Waals surface area contributed by atoms with Gasteiger partial charge in [-0.15, -0.1) is 0 Å². The van der Waals surface area contributed by atoms with E-state index in [9.17, 15) is 9.59 Å². The second kappa shape index (κ2) is 7.20. The van der Waals surface area contributed by atoms with Crippen LogP contribution in [0.15, 0.2) is 36.4 Å². The molecule has 1 aromatic rings. The number of hydrogen-bond acceptors (Lipinski definition) is 4. The van der Waals surface area contributed by atoms with Gasteiger partial charge in [0.25, 0.3) is 0 Å². The third-order valence-electron chi connectivity index (χ3n) is 2.32. The predicted octanol–water partition coefficient (Wildman–Crippen LogP) is 1.05. The summed E-state index contributed by atoms with van der Waals surface area (Å²) in [5.74, 6) is -0.595. The molecule has 0 bridgehead atoms. The van der Waals surface area contributed by atoms with Crippen LogP contribution in [-0.2, 0) is 20.7 Å². The summed E-state index contributed by atoms with van der Waals surface area (Å²) in [4.78, 5) is 22.7. The fraction of sp³-hybridized carbons (Fsp3) is 0.286. The number of ether oxygens (including phenoxy) is 1. The summed E-state index contributed by atoms with van der Waals surface area (Å²) in [6.07, 6.45) is 0.249. The van der Waals surface area contributed by atoms with Crippen LogP contribution in [0.1, 0.15) is 12.5 Å². The number of amides is 1. The lowest BCUT2D eigenvalue weighted by atomic mass is 10.1. The van der Waals surface area contributed by atoms with Crippen molar-refractivity contribution in [2.24, 2.45) is 0 Å². The smallest absolute Gasteiger partial charge is 0.333 e. The van der Waals surface area contributed by atoms with Crippen LogP contribution < -0.4 is 11.1 Å². The summed E-state index contributed by atoms with van der Waals surface area (Å²) in [7, 11) is 0. The van der Waals surface area contributed by atoms with E-state index < -0.39 is 5.97 Å². The molecule has 1 aromatic carbocycles. The van der Waals surface area contributed by atoms with Crippen molar-refractivity contribution in [2.75, 3.05) is 18.9 Å². The number of rotatable bonds is 6. The molecule has 5 heteroatoms. The SMILES string of the molecule is C=C(C)C(=O)OCCNC(=O)Cc1cccc(N)c1. The second-order valence-electron chi connectivity index (χ2n) is 4.19. The van der Waals surface area contributed by atoms with E-state index in [0.717, 1.165) is 5.56 Å². The number of nitrogen functional groups attached to an aromatic ring is 1. The number of esters is 1. The summed E-state index contributed by atoms with van der Waals surface area (Å²) in [5, 5.41) is 2.66.